The predicted molar refractivity (Wildman–Crippen MR) is 70.0 cm³/mol. The van der Waals surface area contributed by atoms with Crippen LogP contribution in [0.5, 0.6) is 0 Å². The van der Waals surface area contributed by atoms with Crippen molar-refractivity contribution in [2.75, 3.05) is 20.3 Å². The lowest BCUT2D eigenvalue weighted by molar-refractivity contribution is -0.142. The van der Waals surface area contributed by atoms with Crippen molar-refractivity contribution in [2.45, 2.75) is 44.7 Å². The molecule has 1 aliphatic rings. The molecule has 0 radical (unpaired) electrons. The highest BCUT2D eigenvalue weighted by Crippen LogP contribution is 2.20. The molecule has 1 aliphatic heterocycles. The Hall–Kier alpha value is -0.700. The summed E-state index contributed by atoms with van der Waals surface area (Å²) in [5.41, 5.74) is 0. The molecular weight excluding hydrogens is 272 g/mol. The lowest BCUT2D eigenvalue weighted by Gasteiger charge is -2.32. The van der Waals surface area contributed by atoms with Gasteiger partial charge in [-0.2, -0.15) is 17.4 Å². The van der Waals surface area contributed by atoms with Crippen molar-refractivity contribution in [3.8, 4) is 0 Å². The van der Waals surface area contributed by atoms with Crippen molar-refractivity contribution < 1.29 is 23.1 Å². The van der Waals surface area contributed by atoms with Crippen LogP contribution in [0.2, 0.25) is 0 Å². The van der Waals surface area contributed by atoms with E-state index in [4.69, 9.17) is 9.84 Å². The van der Waals surface area contributed by atoms with Crippen LogP contribution in [0.3, 0.4) is 0 Å². The number of carbonyl (C=O) groups is 1. The second kappa shape index (κ2) is 7.18. The fourth-order valence-electron chi connectivity index (χ4n) is 2.11. The first-order chi connectivity index (χ1) is 8.88. The van der Waals surface area contributed by atoms with E-state index in [1.165, 1.54) is 0 Å². The monoisotopic (exact) mass is 294 g/mol. The van der Waals surface area contributed by atoms with E-state index in [1.807, 2.05) is 0 Å². The van der Waals surface area contributed by atoms with E-state index in [9.17, 15) is 13.2 Å². The molecule has 0 aliphatic carbocycles. The zero-order valence-electron chi connectivity index (χ0n) is 11.3. The highest BCUT2D eigenvalue weighted by atomic mass is 32.2. The number of rotatable bonds is 7. The van der Waals surface area contributed by atoms with Crippen LogP contribution in [-0.4, -0.2) is 56.1 Å². The van der Waals surface area contributed by atoms with Crippen LogP contribution in [0.4, 0.5) is 0 Å². The van der Waals surface area contributed by atoms with Crippen LogP contribution in [0, 0.1) is 0 Å². The Balaban J connectivity index is 2.71. The van der Waals surface area contributed by atoms with E-state index in [-0.39, 0.29) is 12.6 Å². The molecule has 1 saturated heterocycles. The number of carboxylic acids is 1. The lowest BCUT2D eigenvalue weighted by Crippen LogP contribution is -2.53. The molecule has 1 heterocycles. The van der Waals surface area contributed by atoms with Gasteiger partial charge >= 0.3 is 5.97 Å². The maximum atomic E-state index is 12.2. The van der Waals surface area contributed by atoms with Crippen LogP contribution in [-0.2, 0) is 19.7 Å². The molecule has 19 heavy (non-hydrogen) atoms. The first-order valence-electron chi connectivity index (χ1n) is 6.39. The van der Waals surface area contributed by atoms with E-state index in [2.05, 4.69) is 4.72 Å². The van der Waals surface area contributed by atoms with Gasteiger partial charge in [-0.05, 0) is 32.6 Å². The number of carboxylic acid groups (broad SMARTS) is 1. The zero-order chi connectivity index (χ0) is 14.5. The molecule has 8 heteroatoms. The van der Waals surface area contributed by atoms with Gasteiger partial charge in [-0.25, -0.2) is 0 Å². The summed E-state index contributed by atoms with van der Waals surface area (Å²) in [5.74, 6) is -1.09. The van der Waals surface area contributed by atoms with E-state index in [0.717, 1.165) is 10.7 Å². The maximum absolute atomic E-state index is 12.2. The van der Waals surface area contributed by atoms with E-state index < -0.39 is 22.2 Å². The number of hydrogen-bond donors (Lipinski definition) is 2. The van der Waals surface area contributed by atoms with E-state index >= 15 is 0 Å². The standard InChI is InChI=1S/C11H22N2O5S/c1-9(6-8-18-2)12-19(16,17)13-7-4-3-5-10(13)11(14)15/h9-10,12H,3-8H2,1-2H3,(H,14,15). The summed E-state index contributed by atoms with van der Waals surface area (Å²) in [5, 5.41) is 9.09. The Labute approximate surface area is 114 Å². The summed E-state index contributed by atoms with van der Waals surface area (Å²) in [6.45, 7) is 2.44. The molecule has 0 saturated carbocycles. The third-order valence-electron chi connectivity index (χ3n) is 3.15. The number of nitrogens with zero attached hydrogens (tertiary/aromatic N) is 1. The number of ether oxygens (including phenoxy) is 1. The van der Waals surface area contributed by atoms with Crippen molar-refractivity contribution in [3.05, 3.63) is 0 Å². The summed E-state index contributed by atoms with van der Waals surface area (Å²) >= 11 is 0. The summed E-state index contributed by atoms with van der Waals surface area (Å²) in [6.07, 6.45) is 2.34. The average molecular weight is 294 g/mol. The number of nitrogens with one attached hydrogen (secondary N) is 1. The summed E-state index contributed by atoms with van der Waals surface area (Å²) in [7, 11) is -2.21. The Kier molecular flexibility index (Phi) is 6.18. The van der Waals surface area contributed by atoms with Crippen LogP contribution >= 0.6 is 0 Å². The number of methoxy groups -OCH3 is 1. The minimum Gasteiger partial charge on any atom is -0.480 e. The van der Waals surface area contributed by atoms with Crippen LogP contribution in [0.25, 0.3) is 0 Å². The Morgan fingerprint density at radius 1 is 1.53 bits per heavy atom. The normalized spacial score (nSPS) is 23.2. The van der Waals surface area contributed by atoms with Crippen molar-refractivity contribution in [2.24, 2.45) is 0 Å². The first-order valence-corrected chi connectivity index (χ1v) is 7.83. The van der Waals surface area contributed by atoms with Gasteiger partial charge in [0.2, 0.25) is 0 Å². The van der Waals surface area contributed by atoms with Gasteiger partial charge in [0.05, 0.1) is 0 Å². The molecule has 0 spiro atoms. The molecule has 2 N–H and O–H groups in total. The molecular formula is C11H22N2O5S. The van der Waals surface area contributed by atoms with Gasteiger partial charge in [0.25, 0.3) is 10.2 Å². The minimum atomic E-state index is -3.76. The molecule has 0 aromatic carbocycles. The average Bonchev–Trinajstić information content (AvgIpc) is 2.35. The van der Waals surface area contributed by atoms with E-state index in [0.29, 0.717) is 25.9 Å². The summed E-state index contributed by atoms with van der Waals surface area (Å²) in [6, 6.07) is -1.25. The number of piperidine rings is 1. The van der Waals surface area contributed by atoms with Gasteiger partial charge < -0.3 is 9.84 Å². The number of hydrogen-bond acceptors (Lipinski definition) is 4. The predicted octanol–water partition coefficient (Wildman–Crippen LogP) is 0.185. The summed E-state index contributed by atoms with van der Waals surface area (Å²) < 4.78 is 32.8. The zero-order valence-corrected chi connectivity index (χ0v) is 12.1. The van der Waals surface area contributed by atoms with Crippen LogP contribution < -0.4 is 4.72 Å². The third-order valence-corrected chi connectivity index (χ3v) is 4.91. The largest absolute Gasteiger partial charge is 0.480 e. The first kappa shape index (κ1) is 16.4. The van der Waals surface area contributed by atoms with Gasteiger partial charge in [0, 0.05) is 26.3 Å². The van der Waals surface area contributed by atoms with Gasteiger partial charge in [-0.15, -0.1) is 0 Å². The lowest BCUT2D eigenvalue weighted by atomic mass is 10.1. The Bertz CT molecular complexity index is 398. The fraction of sp³-hybridized carbons (Fsp3) is 0.909. The molecule has 7 nitrogen and oxygen atoms in total. The molecule has 0 aromatic rings. The van der Waals surface area contributed by atoms with E-state index in [1.54, 1.807) is 14.0 Å². The molecule has 0 aromatic heterocycles. The van der Waals surface area contributed by atoms with Gasteiger partial charge in [-0.3, -0.25) is 4.79 Å². The molecule has 112 valence electrons. The molecule has 0 amide bonds. The second-order valence-corrected chi connectivity index (χ2v) is 6.42. The summed E-state index contributed by atoms with van der Waals surface area (Å²) in [4.78, 5) is 11.1. The van der Waals surface area contributed by atoms with Crippen molar-refractivity contribution in [3.63, 3.8) is 0 Å². The topological polar surface area (TPSA) is 95.9 Å². The Morgan fingerprint density at radius 3 is 2.79 bits per heavy atom. The molecule has 0 bridgehead atoms. The van der Waals surface area contributed by atoms with Crippen molar-refractivity contribution in [1.82, 2.24) is 9.03 Å². The van der Waals surface area contributed by atoms with Crippen LogP contribution in [0.1, 0.15) is 32.6 Å². The molecule has 1 fully saturated rings. The van der Waals surface area contributed by atoms with Gasteiger partial charge in [0.1, 0.15) is 6.04 Å². The molecule has 2 unspecified atom stereocenters. The third kappa shape index (κ3) is 4.72. The number of aliphatic carboxylic acids is 1. The second-order valence-electron chi connectivity index (χ2n) is 4.77. The van der Waals surface area contributed by atoms with Crippen molar-refractivity contribution in [1.29, 1.82) is 0 Å². The Morgan fingerprint density at radius 2 is 2.21 bits per heavy atom. The maximum Gasteiger partial charge on any atom is 0.322 e. The molecule has 1 rings (SSSR count). The molecule has 2 atom stereocenters. The smallest absolute Gasteiger partial charge is 0.322 e. The van der Waals surface area contributed by atoms with Gasteiger partial charge in [0.15, 0.2) is 0 Å². The SMILES string of the molecule is COCCC(C)NS(=O)(=O)N1CCCCC1C(=O)O. The van der Waals surface area contributed by atoms with Crippen LogP contribution in [0.15, 0.2) is 0 Å². The highest BCUT2D eigenvalue weighted by Gasteiger charge is 2.37. The van der Waals surface area contributed by atoms with Gasteiger partial charge in [-0.1, -0.05) is 0 Å². The minimum absolute atomic E-state index is 0.253. The highest BCUT2D eigenvalue weighted by molar-refractivity contribution is 7.87. The van der Waals surface area contributed by atoms with Crippen molar-refractivity contribution >= 4 is 16.2 Å². The fourth-order valence-corrected chi connectivity index (χ4v) is 3.78. The quantitative estimate of drug-likeness (QED) is 0.698.